The lowest BCUT2D eigenvalue weighted by molar-refractivity contribution is 0.0919. The van der Waals surface area contributed by atoms with Gasteiger partial charge in [-0.2, -0.15) is 0 Å². The molecule has 0 aliphatic heterocycles. The number of carboxylic acid groups (broad SMARTS) is 1. The van der Waals surface area contributed by atoms with E-state index in [1.165, 1.54) is 0 Å². The summed E-state index contributed by atoms with van der Waals surface area (Å²) in [6, 6.07) is 10.7. The first-order valence-corrected chi connectivity index (χ1v) is 8.75. The maximum Gasteiger partial charge on any atom is 0.505 e. The van der Waals surface area contributed by atoms with Crippen LogP contribution < -0.4 is 4.90 Å². The summed E-state index contributed by atoms with van der Waals surface area (Å²) >= 11 is 0. The minimum atomic E-state index is -3.52. The van der Waals surface area contributed by atoms with Crippen molar-refractivity contribution in [3.8, 4) is 0 Å². The second kappa shape index (κ2) is 6.87. The highest BCUT2D eigenvalue weighted by molar-refractivity contribution is 7.91. The Balaban J connectivity index is 2.35. The van der Waals surface area contributed by atoms with Crippen LogP contribution in [0.3, 0.4) is 0 Å². The average Bonchev–Trinajstić information content (AvgIpc) is 2.50. The van der Waals surface area contributed by atoms with Crippen LogP contribution in [0.4, 0.5) is 10.5 Å². The van der Waals surface area contributed by atoms with Gasteiger partial charge in [0, 0.05) is 30.6 Å². The molecular formula is C16H19NO5S. The van der Waals surface area contributed by atoms with Crippen molar-refractivity contribution in [3.63, 3.8) is 0 Å². The van der Waals surface area contributed by atoms with E-state index in [2.05, 4.69) is 4.74 Å². The second-order valence-corrected chi connectivity index (χ2v) is 7.39. The maximum atomic E-state index is 12.6. The van der Waals surface area contributed by atoms with Crippen molar-refractivity contribution in [3.05, 3.63) is 36.4 Å². The van der Waals surface area contributed by atoms with Crippen LogP contribution in [0.1, 0.15) is 6.42 Å². The van der Waals surface area contributed by atoms with Gasteiger partial charge in [0.25, 0.3) is 0 Å². The molecule has 7 heteroatoms. The summed E-state index contributed by atoms with van der Waals surface area (Å²) in [7, 11) is 0.285. The molecule has 0 atom stereocenters. The molecule has 2 rings (SSSR count). The molecule has 6 nitrogen and oxygen atoms in total. The van der Waals surface area contributed by atoms with Crippen LogP contribution >= 0.6 is 0 Å². The van der Waals surface area contributed by atoms with E-state index in [0.29, 0.717) is 5.39 Å². The molecule has 2 aromatic rings. The van der Waals surface area contributed by atoms with Gasteiger partial charge >= 0.3 is 6.16 Å². The Hall–Kier alpha value is -2.28. The molecule has 0 radical (unpaired) electrons. The summed E-state index contributed by atoms with van der Waals surface area (Å²) in [5, 5.41) is 9.93. The molecule has 0 amide bonds. The molecule has 23 heavy (non-hydrogen) atoms. The van der Waals surface area contributed by atoms with Gasteiger partial charge in [0.15, 0.2) is 9.84 Å². The van der Waals surface area contributed by atoms with E-state index in [0.717, 1.165) is 11.1 Å². The summed E-state index contributed by atoms with van der Waals surface area (Å²) in [5.74, 6) is -0.161. The minimum Gasteiger partial charge on any atom is -0.450 e. The van der Waals surface area contributed by atoms with E-state index in [-0.39, 0.29) is 23.7 Å². The molecule has 0 saturated carbocycles. The summed E-state index contributed by atoms with van der Waals surface area (Å²) in [5.41, 5.74) is 0.939. The number of sulfone groups is 1. The van der Waals surface area contributed by atoms with Gasteiger partial charge in [-0.25, -0.2) is 13.2 Å². The van der Waals surface area contributed by atoms with Gasteiger partial charge in [-0.1, -0.05) is 24.3 Å². The third kappa shape index (κ3) is 3.92. The lowest BCUT2D eigenvalue weighted by Crippen LogP contribution is -2.12. The van der Waals surface area contributed by atoms with Gasteiger partial charge in [0.1, 0.15) is 0 Å². The zero-order valence-corrected chi connectivity index (χ0v) is 13.8. The average molecular weight is 337 g/mol. The number of anilines is 1. The highest BCUT2D eigenvalue weighted by Gasteiger charge is 2.18. The number of carbonyl (C=O) groups is 1. The van der Waals surface area contributed by atoms with Gasteiger partial charge in [-0.05, 0) is 18.6 Å². The van der Waals surface area contributed by atoms with E-state index in [4.69, 9.17) is 5.11 Å². The van der Waals surface area contributed by atoms with Crippen molar-refractivity contribution in [2.24, 2.45) is 0 Å². The van der Waals surface area contributed by atoms with Crippen LogP contribution in [0.2, 0.25) is 0 Å². The number of hydrogen-bond acceptors (Lipinski definition) is 5. The van der Waals surface area contributed by atoms with Crippen LogP contribution in [0.15, 0.2) is 41.3 Å². The standard InChI is InChI=1S/C16H19NO5S/c1-17(2)14-8-3-7-13-12(14)6-4-9-15(13)23(20,21)11-5-10-22-16(18)19/h3-4,6-9H,5,10-11H2,1-2H3,(H,18,19). The first-order chi connectivity index (χ1) is 10.8. The Morgan fingerprint density at radius 3 is 2.43 bits per heavy atom. The van der Waals surface area contributed by atoms with E-state index in [9.17, 15) is 13.2 Å². The van der Waals surface area contributed by atoms with Crippen LogP contribution in [0.5, 0.6) is 0 Å². The molecular weight excluding hydrogens is 318 g/mol. The van der Waals surface area contributed by atoms with Crippen molar-refractivity contribution >= 4 is 32.5 Å². The van der Waals surface area contributed by atoms with Gasteiger partial charge < -0.3 is 14.7 Å². The number of nitrogens with zero attached hydrogens (tertiary/aromatic N) is 1. The van der Waals surface area contributed by atoms with Crippen LogP contribution in [-0.4, -0.2) is 46.1 Å². The predicted molar refractivity (Wildman–Crippen MR) is 88.9 cm³/mol. The fourth-order valence-corrected chi connectivity index (χ4v) is 3.96. The number of hydrogen-bond donors (Lipinski definition) is 1. The Bertz CT molecular complexity index is 814. The van der Waals surface area contributed by atoms with Gasteiger partial charge in [0.2, 0.25) is 0 Å². The molecule has 1 N–H and O–H groups in total. The number of ether oxygens (including phenoxy) is 1. The van der Waals surface area contributed by atoms with E-state index in [1.54, 1.807) is 18.2 Å². The molecule has 0 aromatic heterocycles. The van der Waals surface area contributed by atoms with Crippen molar-refractivity contribution in [1.29, 1.82) is 0 Å². The lowest BCUT2D eigenvalue weighted by atomic mass is 10.1. The molecule has 0 aliphatic rings. The van der Waals surface area contributed by atoms with Crippen molar-refractivity contribution in [2.45, 2.75) is 11.3 Å². The van der Waals surface area contributed by atoms with E-state index >= 15 is 0 Å². The summed E-state index contributed by atoms with van der Waals surface area (Å²) in [6.07, 6.45) is -1.28. The molecule has 0 aliphatic carbocycles. The Kier molecular flexibility index (Phi) is 5.10. The van der Waals surface area contributed by atoms with Gasteiger partial charge in [-0.15, -0.1) is 0 Å². The third-order valence-corrected chi connectivity index (χ3v) is 5.31. The summed E-state index contributed by atoms with van der Waals surface area (Å²) in [4.78, 5) is 12.5. The van der Waals surface area contributed by atoms with Crippen LogP contribution in [-0.2, 0) is 14.6 Å². The molecule has 124 valence electrons. The van der Waals surface area contributed by atoms with Crippen LogP contribution in [0.25, 0.3) is 10.8 Å². The number of rotatable bonds is 6. The zero-order valence-electron chi connectivity index (χ0n) is 13.0. The fourth-order valence-electron chi connectivity index (χ4n) is 2.44. The first kappa shape index (κ1) is 17.1. The second-order valence-electron chi connectivity index (χ2n) is 5.31. The highest BCUT2D eigenvalue weighted by Crippen LogP contribution is 2.30. The molecule has 0 bridgehead atoms. The molecule has 0 saturated heterocycles. The molecule has 0 unspecified atom stereocenters. The van der Waals surface area contributed by atoms with E-state index < -0.39 is 16.0 Å². The molecule has 2 aromatic carbocycles. The largest absolute Gasteiger partial charge is 0.505 e. The van der Waals surface area contributed by atoms with Gasteiger partial charge in [-0.3, -0.25) is 0 Å². The van der Waals surface area contributed by atoms with Crippen molar-refractivity contribution < 1.29 is 23.1 Å². The minimum absolute atomic E-state index is 0.123. The normalized spacial score (nSPS) is 11.4. The Morgan fingerprint density at radius 1 is 1.13 bits per heavy atom. The topological polar surface area (TPSA) is 83.9 Å². The monoisotopic (exact) mass is 337 g/mol. The maximum absolute atomic E-state index is 12.6. The quantitative estimate of drug-likeness (QED) is 0.644. The number of benzene rings is 2. The highest BCUT2D eigenvalue weighted by atomic mass is 32.2. The molecule has 0 spiro atoms. The van der Waals surface area contributed by atoms with Crippen molar-refractivity contribution in [1.82, 2.24) is 0 Å². The van der Waals surface area contributed by atoms with Crippen LogP contribution in [0, 0.1) is 0 Å². The smallest absolute Gasteiger partial charge is 0.450 e. The Labute approximate surface area is 135 Å². The summed E-state index contributed by atoms with van der Waals surface area (Å²) in [6.45, 7) is -0.137. The molecule has 0 fully saturated rings. The Morgan fingerprint density at radius 2 is 1.78 bits per heavy atom. The number of fused-ring (bicyclic) bond motifs is 1. The fraction of sp³-hybridized carbons (Fsp3) is 0.312. The summed E-state index contributed by atoms with van der Waals surface area (Å²) < 4.78 is 29.5. The zero-order chi connectivity index (χ0) is 17.0. The van der Waals surface area contributed by atoms with E-state index in [1.807, 2.05) is 37.2 Å². The molecule has 0 heterocycles. The third-order valence-electron chi connectivity index (χ3n) is 3.46. The SMILES string of the molecule is CN(C)c1cccc2c(S(=O)(=O)CCCOC(=O)O)cccc12. The van der Waals surface area contributed by atoms with Crippen molar-refractivity contribution in [2.75, 3.05) is 31.4 Å². The first-order valence-electron chi connectivity index (χ1n) is 7.10. The predicted octanol–water partition coefficient (Wildman–Crippen LogP) is 2.76. The van der Waals surface area contributed by atoms with Gasteiger partial charge in [0.05, 0.1) is 17.3 Å². The lowest BCUT2D eigenvalue weighted by Gasteiger charge is -2.17.